The van der Waals surface area contributed by atoms with Gasteiger partial charge in [0.15, 0.2) is 0 Å². The van der Waals surface area contributed by atoms with Gasteiger partial charge in [-0.3, -0.25) is 4.79 Å². The molecule has 94 valence electrons. The molecule has 0 spiro atoms. The van der Waals surface area contributed by atoms with E-state index in [4.69, 9.17) is 4.42 Å². The molecule has 17 heavy (non-hydrogen) atoms. The maximum atomic E-state index is 11.1. The lowest BCUT2D eigenvalue weighted by Crippen LogP contribution is -2.36. The highest BCUT2D eigenvalue weighted by Gasteiger charge is 2.21. The molecule has 0 aliphatic carbocycles. The maximum absolute atomic E-state index is 11.1. The summed E-state index contributed by atoms with van der Waals surface area (Å²) in [5.41, 5.74) is 1.20. The predicted octanol–water partition coefficient (Wildman–Crippen LogP) is 1.83. The standard InChI is InChI=1S/C13H20N2O2/c1-8-6-12(10(3)17-8)9(2)14-7-11-4-5-13(16)15-11/h6,9,11,14H,4-5,7H2,1-3H3,(H,15,16). The van der Waals surface area contributed by atoms with E-state index in [1.807, 2.05) is 13.8 Å². The monoisotopic (exact) mass is 236 g/mol. The third-order valence-corrected chi connectivity index (χ3v) is 3.30. The molecule has 0 aromatic carbocycles. The van der Waals surface area contributed by atoms with Crippen LogP contribution in [0.4, 0.5) is 0 Å². The van der Waals surface area contributed by atoms with E-state index >= 15 is 0 Å². The fourth-order valence-corrected chi connectivity index (χ4v) is 2.34. The number of hydrogen-bond donors (Lipinski definition) is 2. The van der Waals surface area contributed by atoms with E-state index in [0.717, 1.165) is 24.5 Å². The minimum atomic E-state index is 0.166. The molecule has 1 aromatic rings. The molecule has 0 bridgehead atoms. The van der Waals surface area contributed by atoms with E-state index in [1.54, 1.807) is 0 Å². The number of hydrogen-bond acceptors (Lipinski definition) is 3. The van der Waals surface area contributed by atoms with Gasteiger partial charge in [0.25, 0.3) is 0 Å². The second-order valence-electron chi connectivity index (χ2n) is 4.80. The van der Waals surface area contributed by atoms with Gasteiger partial charge in [0.05, 0.1) is 0 Å². The zero-order valence-corrected chi connectivity index (χ0v) is 10.7. The third-order valence-electron chi connectivity index (χ3n) is 3.30. The van der Waals surface area contributed by atoms with Crippen molar-refractivity contribution in [1.29, 1.82) is 0 Å². The van der Waals surface area contributed by atoms with Gasteiger partial charge in [-0.15, -0.1) is 0 Å². The SMILES string of the molecule is Cc1cc(C(C)NCC2CCC(=O)N2)c(C)o1. The molecule has 2 N–H and O–H groups in total. The van der Waals surface area contributed by atoms with Crippen LogP contribution in [0.5, 0.6) is 0 Å². The summed E-state index contributed by atoms with van der Waals surface area (Å²) < 4.78 is 5.51. The Bertz CT molecular complexity index is 412. The van der Waals surface area contributed by atoms with Gasteiger partial charge in [0, 0.05) is 30.6 Å². The Morgan fingerprint density at radius 1 is 1.59 bits per heavy atom. The average molecular weight is 236 g/mol. The van der Waals surface area contributed by atoms with Crippen LogP contribution in [0.15, 0.2) is 10.5 Å². The topological polar surface area (TPSA) is 54.3 Å². The summed E-state index contributed by atoms with van der Waals surface area (Å²) in [6.07, 6.45) is 1.59. The molecule has 2 atom stereocenters. The van der Waals surface area contributed by atoms with Crippen LogP contribution in [0.25, 0.3) is 0 Å². The van der Waals surface area contributed by atoms with Crippen LogP contribution < -0.4 is 10.6 Å². The highest BCUT2D eigenvalue weighted by atomic mass is 16.3. The van der Waals surface area contributed by atoms with Crippen LogP contribution in [0.3, 0.4) is 0 Å². The fraction of sp³-hybridized carbons (Fsp3) is 0.615. The van der Waals surface area contributed by atoms with Crippen molar-refractivity contribution in [3.05, 3.63) is 23.2 Å². The van der Waals surface area contributed by atoms with Gasteiger partial charge in [-0.05, 0) is 33.3 Å². The second-order valence-corrected chi connectivity index (χ2v) is 4.80. The Balaban J connectivity index is 1.87. The molecule has 1 saturated heterocycles. The first-order chi connectivity index (χ1) is 8.06. The highest BCUT2D eigenvalue weighted by molar-refractivity contribution is 5.78. The van der Waals surface area contributed by atoms with Crippen molar-refractivity contribution in [3.8, 4) is 0 Å². The van der Waals surface area contributed by atoms with Gasteiger partial charge in [-0.1, -0.05) is 0 Å². The van der Waals surface area contributed by atoms with Crippen molar-refractivity contribution in [1.82, 2.24) is 10.6 Å². The molecule has 1 amide bonds. The zero-order chi connectivity index (χ0) is 12.4. The van der Waals surface area contributed by atoms with E-state index in [9.17, 15) is 4.79 Å². The van der Waals surface area contributed by atoms with Crippen molar-refractivity contribution in [2.45, 2.75) is 45.7 Å². The van der Waals surface area contributed by atoms with E-state index in [0.29, 0.717) is 6.42 Å². The third kappa shape index (κ3) is 2.88. The smallest absolute Gasteiger partial charge is 0.220 e. The average Bonchev–Trinajstić information content (AvgIpc) is 2.81. The van der Waals surface area contributed by atoms with Crippen molar-refractivity contribution in [2.24, 2.45) is 0 Å². The number of nitrogens with one attached hydrogen (secondary N) is 2. The van der Waals surface area contributed by atoms with Crippen molar-refractivity contribution < 1.29 is 9.21 Å². The maximum Gasteiger partial charge on any atom is 0.220 e. The molecule has 2 rings (SSSR count). The minimum Gasteiger partial charge on any atom is -0.466 e. The number of amides is 1. The number of carbonyl (C=O) groups is 1. The van der Waals surface area contributed by atoms with Crippen LogP contribution >= 0.6 is 0 Å². The molecule has 4 nitrogen and oxygen atoms in total. The van der Waals surface area contributed by atoms with Crippen molar-refractivity contribution in [2.75, 3.05) is 6.54 Å². The molecular formula is C13H20N2O2. The number of aryl methyl sites for hydroxylation is 2. The zero-order valence-electron chi connectivity index (χ0n) is 10.7. The number of rotatable bonds is 4. The van der Waals surface area contributed by atoms with Crippen molar-refractivity contribution >= 4 is 5.91 Å². The van der Waals surface area contributed by atoms with Gasteiger partial charge in [0.2, 0.25) is 5.91 Å². The second kappa shape index (κ2) is 4.92. The van der Waals surface area contributed by atoms with Crippen LogP contribution in [0.1, 0.15) is 42.9 Å². The molecule has 1 aliphatic heterocycles. The largest absolute Gasteiger partial charge is 0.466 e. The van der Waals surface area contributed by atoms with E-state index in [2.05, 4.69) is 23.6 Å². The first kappa shape index (κ1) is 12.2. The van der Waals surface area contributed by atoms with E-state index < -0.39 is 0 Å². The summed E-state index contributed by atoms with van der Waals surface area (Å²) in [6, 6.07) is 2.60. The molecule has 4 heteroatoms. The number of furan rings is 1. The fourth-order valence-electron chi connectivity index (χ4n) is 2.34. The lowest BCUT2D eigenvalue weighted by molar-refractivity contribution is -0.119. The Kier molecular flexibility index (Phi) is 3.52. The molecule has 2 heterocycles. The van der Waals surface area contributed by atoms with Crippen molar-refractivity contribution in [3.63, 3.8) is 0 Å². The Hall–Kier alpha value is -1.29. The lowest BCUT2D eigenvalue weighted by atomic mass is 10.1. The van der Waals surface area contributed by atoms with Gasteiger partial charge < -0.3 is 15.1 Å². The lowest BCUT2D eigenvalue weighted by Gasteiger charge is -2.16. The first-order valence-corrected chi connectivity index (χ1v) is 6.16. The molecule has 1 fully saturated rings. The van der Waals surface area contributed by atoms with Gasteiger partial charge in [-0.2, -0.15) is 0 Å². The molecule has 2 unspecified atom stereocenters. The van der Waals surface area contributed by atoms with Crippen LogP contribution in [0.2, 0.25) is 0 Å². The summed E-state index contributed by atoms with van der Waals surface area (Å²) in [5.74, 6) is 2.08. The molecular weight excluding hydrogens is 216 g/mol. The van der Waals surface area contributed by atoms with Crippen LogP contribution in [-0.2, 0) is 4.79 Å². The highest BCUT2D eigenvalue weighted by Crippen LogP contribution is 2.21. The van der Waals surface area contributed by atoms with Gasteiger partial charge in [-0.25, -0.2) is 0 Å². The number of carbonyl (C=O) groups excluding carboxylic acids is 1. The molecule has 1 aliphatic rings. The Morgan fingerprint density at radius 2 is 2.35 bits per heavy atom. The normalized spacial score (nSPS) is 21.6. The Labute approximate surface area is 102 Å². The van der Waals surface area contributed by atoms with E-state index in [-0.39, 0.29) is 18.0 Å². The first-order valence-electron chi connectivity index (χ1n) is 6.16. The summed E-state index contributed by atoms with van der Waals surface area (Å²) >= 11 is 0. The van der Waals surface area contributed by atoms with Gasteiger partial charge >= 0.3 is 0 Å². The van der Waals surface area contributed by atoms with Crippen LogP contribution in [-0.4, -0.2) is 18.5 Å². The summed E-state index contributed by atoms with van der Waals surface area (Å²) in [5, 5.41) is 6.40. The Morgan fingerprint density at radius 3 is 2.88 bits per heavy atom. The summed E-state index contributed by atoms with van der Waals surface area (Å²) in [4.78, 5) is 11.1. The molecule has 1 aromatic heterocycles. The van der Waals surface area contributed by atoms with Gasteiger partial charge in [0.1, 0.15) is 11.5 Å². The summed E-state index contributed by atoms with van der Waals surface area (Å²) in [6.45, 7) is 6.88. The molecule has 0 saturated carbocycles. The predicted molar refractivity (Wildman–Crippen MR) is 65.8 cm³/mol. The summed E-state index contributed by atoms with van der Waals surface area (Å²) in [7, 11) is 0. The van der Waals surface area contributed by atoms with E-state index in [1.165, 1.54) is 5.56 Å². The molecule has 0 radical (unpaired) electrons. The quantitative estimate of drug-likeness (QED) is 0.838. The minimum absolute atomic E-state index is 0.166. The van der Waals surface area contributed by atoms with Crippen LogP contribution in [0, 0.1) is 13.8 Å².